The summed E-state index contributed by atoms with van der Waals surface area (Å²) < 4.78 is 10.8. The van der Waals surface area contributed by atoms with E-state index in [2.05, 4.69) is 0 Å². The van der Waals surface area contributed by atoms with Crippen molar-refractivity contribution < 1.29 is 43.3 Å². The monoisotopic (exact) mass is 523 g/mol. The van der Waals surface area contributed by atoms with Gasteiger partial charge in [0.05, 0.1) is 12.6 Å². The number of carboxylic acid groups (broad SMARTS) is 1. The van der Waals surface area contributed by atoms with Crippen molar-refractivity contribution in [3.63, 3.8) is 0 Å². The summed E-state index contributed by atoms with van der Waals surface area (Å²) >= 11 is 0. The number of likely N-dealkylation sites (tertiary alicyclic amines) is 1. The van der Waals surface area contributed by atoms with Crippen LogP contribution in [0.4, 0.5) is 9.59 Å². The fraction of sp³-hybridized carbons (Fsp3) is 0.680. The van der Waals surface area contributed by atoms with Gasteiger partial charge in [0, 0.05) is 12.2 Å². The maximum Gasteiger partial charge on any atom is 0.419 e. The van der Waals surface area contributed by atoms with Gasteiger partial charge >= 0.3 is 18.2 Å². The van der Waals surface area contributed by atoms with Crippen LogP contribution in [0.1, 0.15) is 68.7 Å². The summed E-state index contributed by atoms with van der Waals surface area (Å²) in [6.07, 6.45) is -0.232. The third-order valence-electron chi connectivity index (χ3n) is 5.54. The fourth-order valence-corrected chi connectivity index (χ4v) is 4.23. The Hall–Kier alpha value is -3.44. The molecule has 5 amide bonds. The van der Waals surface area contributed by atoms with Crippen LogP contribution >= 0.6 is 0 Å². The molecule has 12 nitrogen and oxygen atoms in total. The number of ether oxygens (including phenoxy) is 2. The summed E-state index contributed by atoms with van der Waals surface area (Å²) in [6, 6.07) is -3.75. The molecule has 1 N–H and O–H groups in total. The number of carbonyl (C=O) groups excluding carboxylic acids is 5. The Balaban J connectivity index is 2.55. The smallest absolute Gasteiger partial charge is 0.419 e. The molecule has 0 aromatic carbocycles. The molecular formula is C25H37N3O9. The largest absolute Gasteiger partial charge is 0.480 e. The first-order valence-corrected chi connectivity index (χ1v) is 12.0. The first-order chi connectivity index (χ1) is 16.6. The average Bonchev–Trinajstić information content (AvgIpc) is 3.14. The van der Waals surface area contributed by atoms with E-state index < -0.39 is 77.2 Å². The average molecular weight is 524 g/mol. The van der Waals surface area contributed by atoms with E-state index in [4.69, 9.17) is 9.47 Å². The van der Waals surface area contributed by atoms with Gasteiger partial charge in [0.2, 0.25) is 5.91 Å². The molecule has 0 radical (unpaired) electrons. The van der Waals surface area contributed by atoms with Crippen LogP contribution in [-0.4, -0.2) is 91.6 Å². The van der Waals surface area contributed by atoms with Crippen LogP contribution in [0.2, 0.25) is 0 Å². The molecule has 1 unspecified atom stereocenters. The Morgan fingerprint density at radius 1 is 0.919 bits per heavy atom. The molecule has 2 aliphatic rings. The molecule has 2 rings (SSSR count). The minimum absolute atomic E-state index is 0.194. The Bertz CT molecular complexity index is 968. The molecule has 12 heteroatoms. The molecule has 0 aromatic rings. The minimum Gasteiger partial charge on any atom is -0.480 e. The van der Waals surface area contributed by atoms with Crippen LogP contribution in [0, 0.1) is 5.41 Å². The molecule has 0 bridgehead atoms. The molecule has 0 aliphatic carbocycles. The van der Waals surface area contributed by atoms with Crippen molar-refractivity contribution in [1.29, 1.82) is 0 Å². The van der Waals surface area contributed by atoms with Crippen LogP contribution in [0.15, 0.2) is 12.2 Å². The Labute approximate surface area is 216 Å². The molecule has 3 atom stereocenters. The molecule has 0 aromatic heterocycles. The number of rotatable bonds is 5. The summed E-state index contributed by atoms with van der Waals surface area (Å²) in [4.78, 5) is 79.3. The second kappa shape index (κ2) is 10.1. The molecule has 0 saturated carbocycles. The Morgan fingerprint density at radius 3 is 1.70 bits per heavy atom. The van der Waals surface area contributed by atoms with Gasteiger partial charge in [0.25, 0.3) is 11.8 Å². The summed E-state index contributed by atoms with van der Waals surface area (Å²) in [5.41, 5.74) is -2.92. The first kappa shape index (κ1) is 29.8. The molecule has 37 heavy (non-hydrogen) atoms. The lowest BCUT2D eigenvalue weighted by atomic mass is 9.85. The summed E-state index contributed by atoms with van der Waals surface area (Å²) in [6.45, 7) is 14.0. The van der Waals surface area contributed by atoms with Crippen LogP contribution in [0.3, 0.4) is 0 Å². The molecule has 2 heterocycles. The van der Waals surface area contributed by atoms with Gasteiger partial charge in [-0.05, 0) is 53.4 Å². The third kappa shape index (κ3) is 7.07. The van der Waals surface area contributed by atoms with Gasteiger partial charge < -0.3 is 19.5 Å². The number of nitrogens with zero attached hydrogens (tertiary/aromatic N) is 3. The second-order valence-electron chi connectivity index (χ2n) is 12.2. The van der Waals surface area contributed by atoms with Gasteiger partial charge in [-0.2, -0.15) is 0 Å². The van der Waals surface area contributed by atoms with Gasteiger partial charge in [-0.15, -0.1) is 0 Å². The highest BCUT2D eigenvalue weighted by Crippen LogP contribution is 2.35. The fourth-order valence-electron chi connectivity index (χ4n) is 4.23. The van der Waals surface area contributed by atoms with Gasteiger partial charge in [-0.25, -0.2) is 19.3 Å². The van der Waals surface area contributed by atoms with E-state index in [0.717, 1.165) is 22.0 Å². The van der Waals surface area contributed by atoms with E-state index in [1.807, 2.05) is 0 Å². The third-order valence-corrected chi connectivity index (χ3v) is 5.54. The van der Waals surface area contributed by atoms with Crippen molar-refractivity contribution in [2.24, 2.45) is 5.41 Å². The Kier molecular flexibility index (Phi) is 8.16. The van der Waals surface area contributed by atoms with E-state index >= 15 is 0 Å². The zero-order chi connectivity index (χ0) is 28.7. The van der Waals surface area contributed by atoms with Crippen molar-refractivity contribution in [3.8, 4) is 0 Å². The topological polar surface area (TPSA) is 151 Å². The lowest BCUT2D eigenvalue weighted by Crippen LogP contribution is -2.57. The van der Waals surface area contributed by atoms with Crippen LogP contribution in [-0.2, 0) is 28.7 Å². The van der Waals surface area contributed by atoms with E-state index in [9.17, 15) is 33.9 Å². The van der Waals surface area contributed by atoms with E-state index in [-0.39, 0.29) is 6.42 Å². The molecule has 1 saturated heterocycles. The van der Waals surface area contributed by atoms with Crippen LogP contribution in [0.5, 0.6) is 0 Å². The zero-order valence-corrected chi connectivity index (χ0v) is 22.9. The minimum atomic E-state index is -1.39. The summed E-state index contributed by atoms with van der Waals surface area (Å²) in [5, 5.41) is 10.1. The van der Waals surface area contributed by atoms with Crippen LogP contribution < -0.4 is 0 Å². The SMILES string of the molecule is CC(C)(C)OC(=O)N(C[C@@H]1C[C@@H](N2C(=O)C=CC2=O)C(=O)N1C(C(=O)O)C(C)(C)C)C(=O)OC(C)(C)C. The maximum absolute atomic E-state index is 13.6. The van der Waals surface area contributed by atoms with Gasteiger partial charge in [0.1, 0.15) is 23.3 Å². The van der Waals surface area contributed by atoms with Crippen molar-refractivity contribution in [2.45, 2.75) is 98.1 Å². The molecule has 206 valence electrons. The lowest BCUT2D eigenvalue weighted by molar-refractivity contribution is -0.157. The van der Waals surface area contributed by atoms with Gasteiger partial charge in [0.15, 0.2) is 0 Å². The highest BCUT2D eigenvalue weighted by Gasteiger charge is 2.54. The maximum atomic E-state index is 13.6. The summed E-state index contributed by atoms with van der Waals surface area (Å²) in [7, 11) is 0. The van der Waals surface area contributed by atoms with Gasteiger partial charge in [-0.3, -0.25) is 19.3 Å². The molecular weight excluding hydrogens is 486 g/mol. The number of hydrogen-bond donors (Lipinski definition) is 1. The zero-order valence-electron chi connectivity index (χ0n) is 22.9. The van der Waals surface area contributed by atoms with E-state index in [0.29, 0.717) is 4.90 Å². The first-order valence-electron chi connectivity index (χ1n) is 12.0. The van der Waals surface area contributed by atoms with E-state index in [1.54, 1.807) is 62.3 Å². The lowest BCUT2D eigenvalue weighted by Gasteiger charge is -2.39. The molecule has 1 fully saturated rings. The number of imide groups is 2. The number of carbonyl (C=O) groups is 6. The number of carboxylic acids is 1. The number of aliphatic carboxylic acids is 1. The van der Waals surface area contributed by atoms with Gasteiger partial charge in [-0.1, -0.05) is 20.8 Å². The summed E-state index contributed by atoms with van der Waals surface area (Å²) in [5.74, 6) is -3.50. The van der Waals surface area contributed by atoms with E-state index in [1.165, 1.54) is 0 Å². The van der Waals surface area contributed by atoms with Crippen molar-refractivity contribution in [3.05, 3.63) is 12.2 Å². The standard InChI is InChI=1S/C25H37N3O9/c1-23(2,3)18(20(32)33)27-14(12-15(19(27)31)28-16(29)10-11-17(28)30)13-26(21(34)36-24(4,5)6)22(35)37-25(7,8)9/h10-11,14-15,18H,12-13H2,1-9H3,(H,32,33)/t14-,15+,18?/m0/s1. The number of amides is 5. The highest BCUT2D eigenvalue weighted by atomic mass is 16.6. The highest BCUT2D eigenvalue weighted by molar-refractivity contribution is 6.15. The molecule has 0 spiro atoms. The van der Waals surface area contributed by atoms with Crippen molar-refractivity contribution in [2.75, 3.05) is 6.54 Å². The predicted molar refractivity (Wildman–Crippen MR) is 130 cm³/mol. The van der Waals surface area contributed by atoms with Crippen molar-refractivity contribution in [1.82, 2.24) is 14.7 Å². The number of hydrogen-bond acceptors (Lipinski definition) is 8. The van der Waals surface area contributed by atoms with Crippen LogP contribution in [0.25, 0.3) is 0 Å². The van der Waals surface area contributed by atoms with Crippen molar-refractivity contribution >= 4 is 35.9 Å². The molecule has 2 aliphatic heterocycles. The second-order valence-corrected chi connectivity index (χ2v) is 12.2. The normalized spacial score (nSPS) is 21.4. The quantitative estimate of drug-likeness (QED) is 0.536. The predicted octanol–water partition coefficient (Wildman–Crippen LogP) is 2.55. The Morgan fingerprint density at radius 2 is 1.35 bits per heavy atom.